The van der Waals surface area contributed by atoms with Crippen LogP contribution in [0.5, 0.6) is 0 Å². The Hall–Kier alpha value is -2.43. The van der Waals surface area contributed by atoms with Gasteiger partial charge in [0.05, 0.1) is 11.2 Å². The van der Waals surface area contributed by atoms with E-state index in [0.29, 0.717) is 5.56 Å². The number of rotatable bonds is 5. The second-order valence-corrected chi connectivity index (χ2v) is 8.11. The van der Waals surface area contributed by atoms with Crippen LogP contribution in [0.1, 0.15) is 50.5 Å². The molecule has 4 heteroatoms. The first kappa shape index (κ1) is 20.3. The molecule has 0 spiro atoms. The highest BCUT2D eigenvalue weighted by Gasteiger charge is 2.52. The molecule has 1 heterocycles. The normalized spacial score (nSPS) is 19.0. The topological polar surface area (TPSA) is 35.5 Å². The van der Waals surface area contributed by atoms with Crippen molar-refractivity contribution in [3.05, 3.63) is 89.4 Å². The smallest absolute Gasteiger partial charge is 0.400 e. The molecule has 0 aromatic heterocycles. The molecule has 1 fully saturated rings. The maximum absolute atomic E-state index is 12.6. The predicted octanol–water partition coefficient (Wildman–Crippen LogP) is 5.53. The molecule has 0 atom stereocenters. The van der Waals surface area contributed by atoms with Gasteiger partial charge in [-0.25, -0.2) is 0 Å². The molecule has 1 saturated heterocycles. The van der Waals surface area contributed by atoms with Crippen molar-refractivity contribution in [1.29, 1.82) is 0 Å². The van der Waals surface area contributed by atoms with Gasteiger partial charge in [-0.2, -0.15) is 0 Å². The molecule has 0 aliphatic carbocycles. The van der Waals surface area contributed by atoms with Gasteiger partial charge in [-0.3, -0.25) is 4.79 Å². The molecule has 0 unspecified atom stereocenters. The average Bonchev–Trinajstić information content (AvgIpc) is 2.90. The van der Waals surface area contributed by atoms with Gasteiger partial charge in [0.25, 0.3) is 0 Å². The first-order chi connectivity index (χ1) is 13.2. The highest BCUT2D eigenvalue weighted by atomic mass is 16.7. The molecule has 3 nitrogen and oxygen atoms in total. The van der Waals surface area contributed by atoms with Crippen molar-refractivity contribution in [3.8, 4) is 0 Å². The Morgan fingerprint density at radius 3 is 1.75 bits per heavy atom. The molecule has 0 bridgehead atoms. The van der Waals surface area contributed by atoms with Crippen LogP contribution in [-0.2, 0) is 9.31 Å². The summed E-state index contributed by atoms with van der Waals surface area (Å²) in [5.41, 5.74) is 2.74. The Morgan fingerprint density at radius 2 is 1.25 bits per heavy atom. The molecule has 3 rings (SSSR count). The van der Waals surface area contributed by atoms with E-state index in [1.165, 1.54) is 0 Å². The summed E-state index contributed by atoms with van der Waals surface area (Å²) in [6.45, 7) is 10.2. The first-order valence-corrected chi connectivity index (χ1v) is 9.60. The van der Waals surface area contributed by atoms with Gasteiger partial charge in [-0.05, 0) is 57.3 Å². The van der Waals surface area contributed by atoms with E-state index in [4.69, 9.17) is 9.31 Å². The lowest BCUT2D eigenvalue weighted by Crippen LogP contribution is -2.41. The predicted molar refractivity (Wildman–Crippen MR) is 115 cm³/mol. The van der Waals surface area contributed by atoms with Gasteiger partial charge in [0.15, 0.2) is 5.78 Å². The Bertz CT molecular complexity index is 880. The molecule has 0 saturated carbocycles. The van der Waals surface area contributed by atoms with Gasteiger partial charge in [-0.15, -0.1) is 0 Å². The van der Waals surface area contributed by atoms with Crippen molar-refractivity contribution in [3.63, 3.8) is 0 Å². The average molecular weight is 374 g/mol. The number of ketones is 1. The Labute approximate surface area is 168 Å². The summed E-state index contributed by atoms with van der Waals surface area (Å²) in [4.78, 5) is 12.6. The number of benzene rings is 2. The molecule has 0 radical (unpaired) electrons. The summed E-state index contributed by atoms with van der Waals surface area (Å²) in [6, 6.07) is 19.3. The van der Waals surface area contributed by atoms with Crippen molar-refractivity contribution in [1.82, 2.24) is 0 Å². The van der Waals surface area contributed by atoms with Crippen LogP contribution in [0.4, 0.5) is 0 Å². The fraction of sp³-hybridized carbons (Fsp3) is 0.292. The number of carbonyl (C=O) groups is 1. The van der Waals surface area contributed by atoms with Crippen LogP contribution in [0.15, 0.2) is 78.3 Å². The van der Waals surface area contributed by atoms with Crippen LogP contribution >= 0.6 is 0 Å². The quantitative estimate of drug-likeness (QED) is 0.299. The largest absolute Gasteiger partial charge is 0.490 e. The zero-order valence-electron chi connectivity index (χ0n) is 17.2. The molecule has 1 aliphatic heterocycles. The van der Waals surface area contributed by atoms with Gasteiger partial charge >= 0.3 is 7.12 Å². The molecule has 0 N–H and O–H groups in total. The Kier molecular flexibility index (Phi) is 5.73. The van der Waals surface area contributed by atoms with E-state index < -0.39 is 18.3 Å². The Balaban J connectivity index is 1.97. The fourth-order valence-corrected chi connectivity index (χ4v) is 3.08. The lowest BCUT2D eigenvalue weighted by atomic mass is 9.74. The van der Waals surface area contributed by atoms with E-state index in [2.05, 4.69) is 0 Å². The van der Waals surface area contributed by atoms with Crippen LogP contribution in [0.3, 0.4) is 0 Å². The van der Waals surface area contributed by atoms with E-state index in [0.717, 1.165) is 16.6 Å². The van der Waals surface area contributed by atoms with Crippen LogP contribution in [0.25, 0.3) is 5.57 Å². The summed E-state index contributed by atoms with van der Waals surface area (Å²) in [5.74, 6) is -0.0317. The van der Waals surface area contributed by atoms with Crippen LogP contribution < -0.4 is 0 Å². The van der Waals surface area contributed by atoms with Gasteiger partial charge < -0.3 is 9.31 Å². The second kappa shape index (κ2) is 7.90. The molecule has 28 heavy (non-hydrogen) atoms. The summed E-state index contributed by atoms with van der Waals surface area (Å²) in [6.07, 6.45) is 3.48. The molecule has 1 aliphatic rings. The SMILES string of the molecule is C/C(B1OC(C)(C)C(C)(C)O1)=C(\C=C\C(=O)c1ccccc1)c1ccccc1. The summed E-state index contributed by atoms with van der Waals surface area (Å²) in [5, 5.41) is 0. The highest BCUT2D eigenvalue weighted by molar-refractivity contribution is 6.56. The minimum atomic E-state index is -0.461. The molecule has 2 aromatic carbocycles. The second-order valence-electron chi connectivity index (χ2n) is 8.11. The third-order valence-electron chi connectivity index (χ3n) is 5.58. The minimum Gasteiger partial charge on any atom is -0.400 e. The lowest BCUT2D eigenvalue weighted by molar-refractivity contribution is 0.00578. The maximum Gasteiger partial charge on any atom is 0.490 e. The van der Waals surface area contributed by atoms with Gasteiger partial charge in [-0.1, -0.05) is 66.7 Å². The van der Waals surface area contributed by atoms with E-state index in [1.807, 2.05) is 101 Å². The zero-order chi connectivity index (χ0) is 20.4. The van der Waals surface area contributed by atoms with Crippen LogP contribution in [0.2, 0.25) is 0 Å². The van der Waals surface area contributed by atoms with Crippen molar-refractivity contribution >= 4 is 18.5 Å². The van der Waals surface area contributed by atoms with Crippen molar-refractivity contribution in [2.75, 3.05) is 0 Å². The standard InChI is InChI=1S/C24H27BO3/c1-18(25-27-23(2,3)24(4,5)28-25)21(19-12-8-6-9-13-19)16-17-22(26)20-14-10-7-11-15-20/h6-17H,1-5H3/b17-16+,21-18-. The highest BCUT2D eigenvalue weighted by Crippen LogP contribution is 2.40. The summed E-state index contributed by atoms with van der Waals surface area (Å²) >= 11 is 0. The third-order valence-corrected chi connectivity index (χ3v) is 5.58. The van der Waals surface area contributed by atoms with Crippen molar-refractivity contribution < 1.29 is 14.1 Å². The van der Waals surface area contributed by atoms with E-state index in [-0.39, 0.29) is 5.78 Å². The molecular weight excluding hydrogens is 347 g/mol. The summed E-state index contributed by atoms with van der Waals surface area (Å²) in [7, 11) is -0.461. The molecule has 2 aromatic rings. The van der Waals surface area contributed by atoms with Crippen LogP contribution in [-0.4, -0.2) is 24.1 Å². The molecule has 0 amide bonds. The maximum atomic E-state index is 12.6. The minimum absolute atomic E-state index is 0.0317. The van der Waals surface area contributed by atoms with E-state index in [1.54, 1.807) is 6.08 Å². The fourth-order valence-electron chi connectivity index (χ4n) is 3.08. The van der Waals surface area contributed by atoms with Gasteiger partial charge in [0, 0.05) is 5.56 Å². The number of carbonyl (C=O) groups excluding carboxylic acids is 1. The van der Waals surface area contributed by atoms with Crippen LogP contribution in [0, 0.1) is 0 Å². The van der Waals surface area contributed by atoms with E-state index in [9.17, 15) is 4.79 Å². The number of allylic oxidation sites excluding steroid dienone is 4. The van der Waals surface area contributed by atoms with Crippen molar-refractivity contribution in [2.45, 2.75) is 45.8 Å². The first-order valence-electron chi connectivity index (χ1n) is 9.60. The van der Waals surface area contributed by atoms with Crippen molar-refractivity contribution in [2.24, 2.45) is 0 Å². The number of hydrogen-bond acceptors (Lipinski definition) is 3. The zero-order valence-corrected chi connectivity index (χ0v) is 17.2. The van der Waals surface area contributed by atoms with Gasteiger partial charge in [0.1, 0.15) is 0 Å². The lowest BCUT2D eigenvalue weighted by Gasteiger charge is -2.32. The van der Waals surface area contributed by atoms with E-state index >= 15 is 0 Å². The summed E-state index contributed by atoms with van der Waals surface area (Å²) < 4.78 is 12.4. The molecular formula is C24H27BO3. The Morgan fingerprint density at radius 1 is 0.786 bits per heavy atom. The van der Waals surface area contributed by atoms with Gasteiger partial charge in [0.2, 0.25) is 0 Å². The number of hydrogen-bond donors (Lipinski definition) is 0. The third kappa shape index (κ3) is 4.19. The monoisotopic (exact) mass is 374 g/mol. The molecule has 144 valence electrons.